The van der Waals surface area contributed by atoms with Gasteiger partial charge in [0.1, 0.15) is 12.1 Å². The Balaban J connectivity index is 4.16. The molecule has 0 bridgehead atoms. The lowest BCUT2D eigenvalue weighted by Gasteiger charge is -2.23. The van der Waals surface area contributed by atoms with Crippen LogP contribution in [0.4, 0.5) is 0 Å². The molecule has 0 fully saturated rings. The second-order valence-corrected chi connectivity index (χ2v) is 8.64. The summed E-state index contributed by atoms with van der Waals surface area (Å²) in [6.45, 7) is 5.74. The summed E-state index contributed by atoms with van der Waals surface area (Å²) in [5.74, 6) is -3.26. The summed E-state index contributed by atoms with van der Waals surface area (Å²) in [6, 6.07) is -2.27. The van der Waals surface area contributed by atoms with E-state index < -0.39 is 36.3 Å². The van der Waals surface area contributed by atoms with E-state index in [-0.39, 0.29) is 11.8 Å². The van der Waals surface area contributed by atoms with Gasteiger partial charge in [-0.15, -0.1) is 0 Å². The van der Waals surface area contributed by atoms with Crippen molar-refractivity contribution in [2.75, 3.05) is 0 Å². The second kappa shape index (κ2) is 17.5. The molecule has 0 aliphatic heterocycles. The summed E-state index contributed by atoms with van der Waals surface area (Å²) in [4.78, 5) is 46.9. The number of nitrogens with one attached hydrogen (secondary N) is 2. The lowest BCUT2D eigenvalue weighted by atomic mass is 10.0. The number of carboxylic acids is 1. The molecule has 31 heavy (non-hydrogen) atoms. The van der Waals surface area contributed by atoms with Gasteiger partial charge in [0.25, 0.3) is 0 Å². The molecule has 0 radical (unpaired) electrons. The molecule has 2 atom stereocenters. The third kappa shape index (κ3) is 15.3. The summed E-state index contributed by atoms with van der Waals surface area (Å²) < 4.78 is 0. The van der Waals surface area contributed by atoms with Crippen LogP contribution >= 0.6 is 0 Å². The third-order valence-corrected chi connectivity index (χ3v) is 5.29. The molecule has 3 amide bonds. The van der Waals surface area contributed by atoms with Crippen LogP contribution in [0.15, 0.2) is 0 Å². The molecule has 0 rings (SSSR count). The van der Waals surface area contributed by atoms with Gasteiger partial charge in [0.2, 0.25) is 17.7 Å². The van der Waals surface area contributed by atoms with Crippen LogP contribution in [-0.2, 0) is 19.2 Å². The Bertz CT molecular complexity index is 551. The van der Waals surface area contributed by atoms with Crippen molar-refractivity contribution in [3.8, 4) is 0 Å². The van der Waals surface area contributed by atoms with Gasteiger partial charge in [-0.05, 0) is 12.3 Å². The summed E-state index contributed by atoms with van der Waals surface area (Å²) in [5, 5.41) is 14.1. The van der Waals surface area contributed by atoms with Gasteiger partial charge in [-0.2, -0.15) is 0 Å². The van der Waals surface area contributed by atoms with E-state index in [4.69, 9.17) is 10.8 Å². The molecule has 0 aliphatic rings. The molecule has 0 unspecified atom stereocenters. The molecule has 0 spiro atoms. The molecule has 0 heterocycles. The van der Waals surface area contributed by atoms with Crippen LogP contribution in [0.2, 0.25) is 0 Å². The minimum absolute atomic E-state index is 0.230. The first kappa shape index (κ1) is 28.9. The van der Waals surface area contributed by atoms with Crippen molar-refractivity contribution in [1.29, 1.82) is 0 Å². The molecule has 0 aromatic rings. The van der Waals surface area contributed by atoms with Gasteiger partial charge in [0, 0.05) is 6.42 Å². The first-order chi connectivity index (χ1) is 14.7. The number of hydrogen-bond donors (Lipinski definition) is 4. The maximum Gasteiger partial charge on any atom is 0.326 e. The lowest BCUT2D eigenvalue weighted by Crippen LogP contribution is -2.54. The van der Waals surface area contributed by atoms with Crippen LogP contribution in [0.1, 0.15) is 104 Å². The molecule has 0 aromatic heterocycles. The van der Waals surface area contributed by atoms with E-state index in [1.165, 1.54) is 51.4 Å². The Morgan fingerprint density at radius 3 is 1.71 bits per heavy atom. The monoisotopic (exact) mass is 441 g/mol. The maximum atomic E-state index is 12.4. The number of carboxylic acid groups (broad SMARTS) is 1. The van der Waals surface area contributed by atoms with Gasteiger partial charge in [-0.3, -0.25) is 14.4 Å². The number of nitrogens with two attached hydrogens (primary N) is 1. The second-order valence-electron chi connectivity index (χ2n) is 8.64. The number of amides is 3. The highest BCUT2D eigenvalue weighted by atomic mass is 16.4. The number of rotatable bonds is 19. The third-order valence-electron chi connectivity index (χ3n) is 5.29. The van der Waals surface area contributed by atoms with Crippen molar-refractivity contribution in [2.24, 2.45) is 11.7 Å². The summed E-state index contributed by atoms with van der Waals surface area (Å²) >= 11 is 0. The van der Waals surface area contributed by atoms with E-state index in [0.29, 0.717) is 6.42 Å². The van der Waals surface area contributed by atoms with E-state index >= 15 is 0 Å². The molecule has 5 N–H and O–H groups in total. The van der Waals surface area contributed by atoms with Crippen LogP contribution in [-0.4, -0.2) is 40.9 Å². The van der Waals surface area contributed by atoms with Crippen LogP contribution in [0, 0.1) is 5.92 Å². The predicted molar refractivity (Wildman–Crippen MR) is 121 cm³/mol. The van der Waals surface area contributed by atoms with Crippen molar-refractivity contribution >= 4 is 23.7 Å². The highest BCUT2D eigenvalue weighted by Gasteiger charge is 2.29. The van der Waals surface area contributed by atoms with Crippen molar-refractivity contribution in [3.63, 3.8) is 0 Å². The zero-order valence-electron chi connectivity index (χ0n) is 19.6. The van der Waals surface area contributed by atoms with E-state index in [0.717, 1.165) is 19.3 Å². The Hall–Kier alpha value is -2.12. The first-order valence-corrected chi connectivity index (χ1v) is 11.8. The minimum atomic E-state index is -1.41. The standard InChI is InChI=1S/C23H43N3O5/c1-4-5-6-7-8-9-10-11-12-13-14-15-20(28)26-21(17(2)3)22(29)25-18(23(30)31)16-19(24)27/h17-18,21H,4-16H2,1-3H3,(H2,24,27)(H,25,29)(H,26,28)(H,30,31)/t18-,21-/m0/s1. The zero-order chi connectivity index (χ0) is 23.6. The Kier molecular flexibility index (Phi) is 16.3. The molecule has 8 nitrogen and oxygen atoms in total. The molecule has 180 valence electrons. The zero-order valence-corrected chi connectivity index (χ0v) is 19.6. The molecule has 0 saturated carbocycles. The minimum Gasteiger partial charge on any atom is -0.480 e. The molecule has 0 saturated heterocycles. The fourth-order valence-electron chi connectivity index (χ4n) is 3.39. The highest BCUT2D eigenvalue weighted by molar-refractivity contribution is 5.92. The predicted octanol–water partition coefficient (Wildman–Crippen LogP) is 3.27. The van der Waals surface area contributed by atoms with Gasteiger partial charge >= 0.3 is 5.97 Å². The number of hydrogen-bond acceptors (Lipinski definition) is 4. The molecule has 0 aliphatic carbocycles. The highest BCUT2D eigenvalue weighted by Crippen LogP contribution is 2.12. The van der Waals surface area contributed by atoms with Crippen molar-refractivity contribution in [1.82, 2.24) is 10.6 Å². The largest absolute Gasteiger partial charge is 0.480 e. The molecular weight excluding hydrogens is 398 g/mol. The topological polar surface area (TPSA) is 139 Å². The fraction of sp³-hybridized carbons (Fsp3) is 0.826. The van der Waals surface area contributed by atoms with Crippen molar-refractivity contribution in [3.05, 3.63) is 0 Å². The van der Waals surface area contributed by atoms with E-state index in [1.807, 2.05) is 0 Å². The van der Waals surface area contributed by atoms with Gasteiger partial charge < -0.3 is 21.5 Å². The van der Waals surface area contributed by atoms with Crippen LogP contribution < -0.4 is 16.4 Å². The Labute approximate surface area is 187 Å². The lowest BCUT2D eigenvalue weighted by molar-refractivity contribution is -0.144. The SMILES string of the molecule is CCCCCCCCCCCCCC(=O)N[C@H](C(=O)N[C@@H](CC(N)=O)C(=O)O)C(C)C. The van der Waals surface area contributed by atoms with Gasteiger partial charge in [-0.1, -0.05) is 85.0 Å². The molecular formula is C23H43N3O5. The maximum absolute atomic E-state index is 12.4. The normalized spacial score (nSPS) is 12.9. The van der Waals surface area contributed by atoms with Crippen LogP contribution in [0.5, 0.6) is 0 Å². The Morgan fingerprint density at radius 1 is 0.806 bits per heavy atom. The average Bonchev–Trinajstić information content (AvgIpc) is 2.68. The number of unbranched alkanes of at least 4 members (excludes halogenated alkanes) is 10. The molecule has 8 heteroatoms. The van der Waals surface area contributed by atoms with Gasteiger partial charge in [-0.25, -0.2) is 4.79 Å². The van der Waals surface area contributed by atoms with Crippen molar-refractivity contribution in [2.45, 2.75) is 116 Å². The number of aliphatic carboxylic acids is 1. The average molecular weight is 442 g/mol. The fourth-order valence-corrected chi connectivity index (χ4v) is 3.39. The summed E-state index contributed by atoms with van der Waals surface area (Å²) in [6.07, 6.45) is 12.9. The quantitative estimate of drug-likeness (QED) is 0.228. The molecule has 0 aromatic carbocycles. The van der Waals surface area contributed by atoms with E-state index in [2.05, 4.69) is 17.6 Å². The van der Waals surface area contributed by atoms with Gasteiger partial charge in [0.05, 0.1) is 6.42 Å². The van der Waals surface area contributed by atoms with Gasteiger partial charge in [0.15, 0.2) is 0 Å². The summed E-state index contributed by atoms with van der Waals surface area (Å²) in [5.41, 5.74) is 5.03. The van der Waals surface area contributed by atoms with Crippen molar-refractivity contribution < 1.29 is 24.3 Å². The Morgan fingerprint density at radius 2 is 1.29 bits per heavy atom. The summed E-state index contributed by atoms with van der Waals surface area (Å²) in [7, 11) is 0. The number of primary amides is 1. The van der Waals surface area contributed by atoms with Crippen LogP contribution in [0.3, 0.4) is 0 Å². The van der Waals surface area contributed by atoms with E-state index in [1.54, 1.807) is 13.8 Å². The first-order valence-electron chi connectivity index (χ1n) is 11.8. The van der Waals surface area contributed by atoms with E-state index in [9.17, 15) is 19.2 Å². The smallest absolute Gasteiger partial charge is 0.326 e. The van der Waals surface area contributed by atoms with Crippen LogP contribution in [0.25, 0.3) is 0 Å². The number of carbonyl (C=O) groups is 4. The number of carbonyl (C=O) groups excluding carboxylic acids is 3.